The van der Waals surface area contributed by atoms with Crippen LogP contribution in [0.1, 0.15) is 28.5 Å². The Kier molecular flexibility index (Phi) is 4.24. The second-order valence-electron chi connectivity index (χ2n) is 6.04. The van der Waals surface area contributed by atoms with Gasteiger partial charge in [0, 0.05) is 16.8 Å². The fraction of sp³-hybridized carbons (Fsp3) is 0.500. The number of aromatic nitrogens is 2. The maximum absolute atomic E-state index is 10.2. The summed E-state index contributed by atoms with van der Waals surface area (Å²) in [6.45, 7) is 5.64. The topological polar surface area (TPSA) is 98.6 Å². The molecule has 23 heavy (non-hydrogen) atoms. The van der Waals surface area contributed by atoms with E-state index in [2.05, 4.69) is 9.97 Å². The molecule has 4 atom stereocenters. The minimum atomic E-state index is -1.15. The zero-order chi connectivity index (χ0) is 16.9. The average Bonchev–Trinajstić information content (AvgIpc) is 2.80. The molecule has 0 aromatic carbocycles. The number of aryl methyl sites for hydroxylation is 1. The van der Waals surface area contributed by atoms with Crippen LogP contribution < -0.4 is 0 Å². The summed E-state index contributed by atoms with van der Waals surface area (Å²) < 4.78 is 5.89. The van der Waals surface area contributed by atoms with E-state index in [9.17, 15) is 15.3 Å². The largest absolute Gasteiger partial charge is 0.394 e. The van der Waals surface area contributed by atoms with Crippen molar-refractivity contribution in [2.24, 2.45) is 0 Å². The molecule has 1 unspecified atom stereocenters. The number of hydrogen-bond donors (Lipinski definition) is 4. The molecule has 3 aliphatic rings. The van der Waals surface area contributed by atoms with Gasteiger partial charge in [-0.3, -0.25) is 0 Å². The highest BCUT2D eigenvalue weighted by atomic mass is 32.1. The smallest absolute Gasteiger partial charge is 0.139 e. The highest BCUT2D eigenvalue weighted by Crippen LogP contribution is 2.37. The van der Waals surface area contributed by atoms with Gasteiger partial charge in [0.25, 0.3) is 0 Å². The SMILES string of the molecule is Cc1[nH]c2nc(=S)c([C@@H]3O[C@H](CO)C(O)[C@@H]3O)cc-2c(C)c1C. The summed E-state index contributed by atoms with van der Waals surface area (Å²) in [5.74, 6) is 0.686. The molecule has 124 valence electrons. The lowest BCUT2D eigenvalue weighted by Gasteiger charge is -2.19. The van der Waals surface area contributed by atoms with E-state index in [1.807, 2.05) is 26.8 Å². The molecule has 7 heteroatoms. The van der Waals surface area contributed by atoms with Crippen LogP contribution in [0, 0.1) is 25.4 Å². The highest BCUT2D eigenvalue weighted by Gasteiger charge is 2.43. The first-order valence-corrected chi connectivity index (χ1v) is 7.89. The van der Waals surface area contributed by atoms with E-state index in [-0.39, 0.29) is 6.61 Å². The standard InChI is InChI=1S/C16H20N2O4S/c1-6-7(2)9-4-10(16(23)18-15(9)17-8(6)3)14-13(21)12(20)11(5-19)22-14/h4,11-14,19-21H,5H2,1-3H3,(H,17,18,23)/t11-,12?,13+,14+/m1/s1. The minimum absolute atomic E-state index is 0.311. The molecule has 0 aliphatic carbocycles. The van der Waals surface area contributed by atoms with E-state index >= 15 is 0 Å². The molecular formula is C16H20N2O4S. The lowest BCUT2D eigenvalue weighted by Crippen LogP contribution is -2.32. The van der Waals surface area contributed by atoms with Crippen molar-refractivity contribution in [3.8, 4) is 11.4 Å². The summed E-state index contributed by atoms with van der Waals surface area (Å²) in [6, 6.07) is 1.85. The van der Waals surface area contributed by atoms with E-state index in [0.717, 1.165) is 22.4 Å². The number of pyridine rings is 2. The molecule has 1 fully saturated rings. The predicted octanol–water partition coefficient (Wildman–Crippen LogP) is 1.32. The molecule has 0 bridgehead atoms. The lowest BCUT2D eigenvalue weighted by atomic mass is 9.97. The van der Waals surface area contributed by atoms with Crippen LogP contribution in [0.15, 0.2) is 6.07 Å². The van der Waals surface area contributed by atoms with Crippen molar-refractivity contribution in [3.63, 3.8) is 0 Å². The molecule has 6 nitrogen and oxygen atoms in total. The fourth-order valence-corrected chi connectivity index (χ4v) is 3.27. The van der Waals surface area contributed by atoms with Crippen molar-refractivity contribution in [2.75, 3.05) is 6.61 Å². The fourth-order valence-electron chi connectivity index (χ4n) is 3.01. The summed E-state index contributed by atoms with van der Waals surface area (Å²) >= 11 is 5.34. The molecule has 0 aromatic heterocycles. The number of aliphatic hydroxyl groups is 3. The van der Waals surface area contributed by atoms with Gasteiger partial charge < -0.3 is 25.0 Å². The second-order valence-corrected chi connectivity index (χ2v) is 6.42. The maximum atomic E-state index is 10.2. The van der Waals surface area contributed by atoms with Crippen LogP contribution in [-0.2, 0) is 4.74 Å². The molecule has 0 amide bonds. The first-order valence-electron chi connectivity index (χ1n) is 7.48. The monoisotopic (exact) mass is 336 g/mol. The van der Waals surface area contributed by atoms with Gasteiger partial charge in [0.2, 0.25) is 0 Å². The second kappa shape index (κ2) is 5.92. The third kappa shape index (κ3) is 2.58. The lowest BCUT2D eigenvalue weighted by molar-refractivity contribution is -0.0229. The van der Waals surface area contributed by atoms with Crippen molar-refractivity contribution in [2.45, 2.75) is 45.2 Å². The number of aromatic amines is 1. The van der Waals surface area contributed by atoms with Crippen molar-refractivity contribution < 1.29 is 20.1 Å². The number of ether oxygens (including phenoxy) is 1. The first kappa shape index (κ1) is 16.5. The van der Waals surface area contributed by atoms with Gasteiger partial charge in [0.15, 0.2) is 0 Å². The molecule has 4 N–H and O–H groups in total. The van der Waals surface area contributed by atoms with Crippen molar-refractivity contribution in [1.82, 2.24) is 9.97 Å². The third-order valence-electron chi connectivity index (χ3n) is 4.70. The highest BCUT2D eigenvalue weighted by molar-refractivity contribution is 7.71. The predicted molar refractivity (Wildman–Crippen MR) is 87.0 cm³/mol. The Morgan fingerprint density at radius 3 is 2.52 bits per heavy atom. The Balaban J connectivity index is 2.15. The van der Waals surface area contributed by atoms with Crippen LogP contribution in [0.5, 0.6) is 0 Å². The van der Waals surface area contributed by atoms with Crippen molar-refractivity contribution in [1.29, 1.82) is 0 Å². The van der Waals surface area contributed by atoms with E-state index in [0.29, 0.717) is 16.0 Å². The minimum Gasteiger partial charge on any atom is -0.394 e. The van der Waals surface area contributed by atoms with Gasteiger partial charge in [-0.2, -0.15) is 0 Å². The molecule has 0 aromatic rings. The zero-order valence-electron chi connectivity index (χ0n) is 13.2. The van der Waals surface area contributed by atoms with Crippen LogP contribution >= 0.6 is 12.2 Å². The Hall–Kier alpha value is -1.38. The summed E-state index contributed by atoms with van der Waals surface area (Å²) in [4.78, 5) is 7.64. The van der Waals surface area contributed by atoms with E-state index in [1.54, 1.807) is 0 Å². The van der Waals surface area contributed by atoms with Gasteiger partial charge in [-0.05, 0) is 38.0 Å². The van der Waals surface area contributed by atoms with Gasteiger partial charge >= 0.3 is 0 Å². The van der Waals surface area contributed by atoms with Crippen LogP contribution in [-0.4, -0.2) is 50.2 Å². The first-order chi connectivity index (χ1) is 10.8. The summed E-state index contributed by atoms with van der Waals surface area (Å²) in [6.07, 6.45) is -3.92. The Morgan fingerprint density at radius 2 is 1.91 bits per heavy atom. The Labute approximate surface area is 139 Å². The van der Waals surface area contributed by atoms with Gasteiger partial charge in [-0.1, -0.05) is 12.2 Å². The maximum Gasteiger partial charge on any atom is 0.139 e. The van der Waals surface area contributed by atoms with Crippen LogP contribution in [0.2, 0.25) is 0 Å². The van der Waals surface area contributed by atoms with E-state index < -0.39 is 24.4 Å². The number of hydrogen-bond acceptors (Lipinski definition) is 6. The van der Waals surface area contributed by atoms with E-state index in [4.69, 9.17) is 17.0 Å². The zero-order valence-corrected chi connectivity index (χ0v) is 14.0. The van der Waals surface area contributed by atoms with Gasteiger partial charge in [0.05, 0.1) is 6.61 Å². The average molecular weight is 336 g/mol. The normalized spacial score (nSPS) is 27.7. The molecule has 1 saturated heterocycles. The molecule has 3 heterocycles. The summed E-state index contributed by atoms with van der Waals surface area (Å²) in [5, 5.41) is 29.4. The number of H-pyrrole nitrogens is 1. The molecule has 0 spiro atoms. The number of nitrogens with zero attached hydrogens (tertiary/aromatic N) is 1. The molecule has 3 rings (SSSR count). The number of fused-ring (bicyclic) bond motifs is 1. The number of rotatable bonds is 2. The van der Waals surface area contributed by atoms with Gasteiger partial charge in [-0.25, -0.2) is 4.98 Å². The third-order valence-corrected chi connectivity index (χ3v) is 5.03. The van der Waals surface area contributed by atoms with Crippen molar-refractivity contribution in [3.05, 3.63) is 33.1 Å². The molecule has 0 saturated carbocycles. The Bertz CT molecular complexity index is 776. The molecular weight excluding hydrogens is 316 g/mol. The van der Waals surface area contributed by atoms with Crippen LogP contribution in [0.3, 0.4) is 0 Å². The van der Waals surface area contributed by atoms with Crippen LogP contribution in [0.25, 0.3) is 11.4 Å². The summed E-state index contributed by atoms with van der Waals surface area (Å²) in [7, 11) is 0. The molecule has 0 radical (unpaired) electrons. The van der Waals surface area contributed by atoms with Crippen molar-refractivity contribution >= 4 is 12.2 Å². The number of aliphatic hydroxyl groups excluding tert-OH is 3. The number of nitrogens with one attached hydrogen (secondary N) is 1. The Morgan fingerprint density at radius 1 is 1.22 bits per heavy atom. The van der Waals surface area contributed by atoms with E-state index in [1.165, 1.54) is 0 Å². The molecule has 3 aliphatic heterocycles. The van der Waals surface area contributed by atoms with Gasteiger partial charge in [0.1, 0.15) is 34.9 Å². The quantitative estimate of drug-likeness (QED) is 0.618. The summed E-state index contributed by atoms with van der Waals surface area (Å²) in [5.41, 5.74) is 4.68. The van der Waals surface area contributed by atoms with Crippen LogP contribution in [0.4, 0.5) is 0 Å². The van der Waals surface area contributed by atoms with Gasteiger partial charge in [-0.15, -0.1) is 0 Å².